The van der Waals surface area contributed by atoms with Gasteiger partial charge in [-0.25, -0.2) is 4.79 Å². The molecule has 3 heterocycles. The number of rotatable bonds is 5. The molecule has 3 aliphatic rings. The molecule has 214 valence electrons. The molecule has 0 bridgehead atoms. The van der Waals surface area contributed by atoms with Gasteiger partial charge in [0.2, 0.25) is 11.8 Å². The van der Waals surface area contributed by atoms with Crippen LogP contribution in [0.2, 0.25) is 0 Å². The number of carbonyl (C=O) groups is 3. The first-order valence-electron chi connectivity index (χ1n) is 14.3. The van der Waals surface area contributed by atoms with Gasteiger partial charge in [-0.3, -0.25) is 9.59 Å². The van der Waals surface area contributed by atoms with Gasteiger partial charge in [0, 0.05) is 18.0 Å². The van der Waals surface area contributed by atoms with Crippen LogP contribution in [0.5, 0.6) is 6.08 Å². The molecule has 5 atom stereocenters. The highest BCUT2D eigenvalue weighted by atomic mass is 16.6. The summed E-state index contributed by atoms with van der Waals surface area (Å²) in [4.78, 5) is 46.0. The predicted molar refractivity (Wildman–Crippen MR) is 151 cm³/mol. The van der Waals surface area contributed by atoms with Crippen molar-refractivity contribution in [1.29, 1.82) is 0 Å². The normalized spacial score (nSPS) is 29.4. The first kappa shape index (κ1) is 26.9. The van der Waals surface area contributed by atoms with Crippen LogP contribution in [0, 0.1) is 5.92 Å². The maximum absolute atomic E-state index is 14.1. The molecule has 41 heavy (non-hydrogen) atoms. The monoisotopic (exact) mass is 558 g/mol. The Morgan fingerprint density at radius 2 is 1.90 bits per heavy atom. The molecule has 10 heteroatoms. The number of carbonyl (C=O) groups excluding carboxylic acids is 2. The number of nitrogens with one attached hydrogen (secondary N) is 2. The molecule has 0 spiro atoms. The lowest BCUT2D eigenvalue weighted by atomic mass is 10.0. The summed E-state index contributed by atoms with van der Waals surface area (Å²) in [6.07, 6.45) is 8.07. The number of ether oxygens (including phenoxy) is 1. The molecule has 1 aliphatic carbocycles. The maximum Gasteiger partial charge on any atom is 0.394 e. The van der Waals surface area contributed by atoms with Gasteiger partial charge in [0.05, 0.1) is 6.54 Å². The second-order valence-electron chi connectivity index (χ2n) is 11.1. The van der Waals surface area contributed by atoms with E-state index in [1.807, 2.05) is 60.7 Å². The summed E-state index contributed by atoms with van der Waals surface area (Å²) in [7, 11) is 0. The van der Waals surface area contributed by atoms with Gasteiger partial charge in [-0.2, -0.15) is 4.98 Å². The Labute approximate surface area is 237 Å². The number of nitrogens with zero attached hydrogens (tertiary/aromatic N) is 2. The van der Waals surface area contributed by atoms with E-state index in [1.165, 1.54) is 4.90 Å². The van der Waals surface area contributed by atoms with Gasteiger partial charge < -0.3 is 29.8 Å². The van der Waals surface area contributed by atoms with Gasteiger partial charge in [0.15, 0.2) is 5.58 Å². The number of benzene rings is 2. The molecule has 2 aromatic carbocycles. The van der Waals surface area contributed by atoms with Gasteiger partial charge in [-0.05, 0) is 49.9 Å². The lowest BCUT2D eigenvalue weighted by molar-refractivity contribution is -0.145. The van der Waals surface area contributed by atoms with E-state index in [0.29, 0.717) is 23.9 Å². The summed E-state index contributed by atoms with van der Waals surface area (Å²) in [6.45, 7) is 0.145. The van der Waals surface area contributed by atoms with E-state index in [0.717, 1.165) is 31.4 Å². The molecular formula is C31H34N4O6. The number of hydrogen-bond acceptors (Lipinski definition) is 7. The Morgan fingerprint density at radius 1 is 1.10 bits per heavy atom. The zero-order chi connectivity index (χ0) is 28.4. The molecule has 3 N–H and O–H groups in total. The highest BCUT2D eigenvalue weighted by Crippen LogP contribution is 2.45. The largest absolute Gasteiger partial charge is 0.479 e. The van der Waals surface area contributed by atoms with Crippen molar-refractivity contribution in [3.63, 3.8) is 0 Å². The molecule has 10 nitrogen and oxygen atoms in total. The van der Waals surface area contributed by atoms with E-state index < -0.39 is 35.6 Å². The maximum atomic E-state index is 14.1. The zero-order valence-electron chi connectivity index (χ0n) is 22.7. The highest BCUT2D eigenvalue weighted by molar-refractivity contribution is 5.96. The van der Waals surface area contributed by atoms with Crippen molar-refractivity contribution in [3.8, 4) is 6.08 Å². The Bertz CT molecular complexity index is 1420. The summed E-state index contributed by atoms with van der Waals surface area (Å²) < 4.78 is 11.8. The Balaban J connectivity index is 1.28. The van der Waals surface area contributed by atoms with Crippen LogP contribution in [0.3, 0.4) is 0 Å². The molecule has 2 aliphatic heterocycles. The summed E-state index contributed by atoms with van der Waals surface area (Å²) in [5.74, 6) is -2.06. The molecule has 1 aromatic heterocycles. The summed E-state index contributed by atoms with van der Waals surface area (Å²) in [5.41, 5.74) is 0.681. The van der Waals surface area contributed by atoms with E-state index in [-0.39, 0.29) is 30.9 Å². The highest BCUT2D eigenvalue weighted by Gasteiger charge is 2.61. The minimum Gasteiger partial charge on any atom is -0.479 e. The van der Waals surface area contributed by atoms with E-state index in [1.54, 1.807) is 6.07 Å². The Kier molecular flexibility index (Phi) is 7.38. The number of fused-ring (bicyclic) bond motifs is 3. The van der Waals surface area contributed by atoms with Gasteiger partial charge in [-0.15, -0.1) is 0 Å². The molecule has 6 rings (SSSR count). The number of hydrogen-bond donors (Lipinski definition) is 3. The summed E-state index contributed by atoms with van der Waals surface area (Å²) >= 11 is 0. The number of allylic oxidation sites excluding steroid dienone is 1. The van der Waals surface area contributed by atoms with Crippen LogP contribution >= 0.6 is 0 Å². The third-order valence-electron chi connectivity index (χ3n) is 8.28. The average Bonchev–Trinajstić information content (AvgIpc) is 3.28. The van der Waals surface area contributed by atoms with Crippen LogP contribution in [-0.4, -0.2) is 63.0 Å². The van der Waals surface area contributed by atoms with Crippen LogP contribution < -0.4 is 15.4 Å². The molecule has 3 aromatic rings. The number of aromatic nitrogens is 1. The first-order valence-corrected chi connectivity index (χ1v) is 14.3. The van der Waals surface area contributed by atoms with Crippen LogP contribution in [0.4, 0.5) is 5.69 Å². The topological polar surface area (TPSA) is 134 Å². The molecular weight excluding hydrogens is 524 g/mol. The number of carboxylic acids is 1. The molecule has 1 saturated carbocycles. The van der Waals surface area contributed by atoms with E-state index in [9.17, 15) is 19.5 Å². The number of para-hydroxylation sites is 3. The minimum absolute atomic E-state index is 0.0696. The molecule has 0 radical (unpaired) electrons. The standard InChI is InChI=1S/C31H34N4O6/c36-27-25-17-22(40-30-33-23-14-9-10-16-26(23)41-30)19-35(25)28(37)24(32-21-12-6-4-7-13-21)15-8-3-1-2-5-11-20-18-31(20,34-27)29(38)39/h4-7,9-14,16,20,22,24-25,32H,1-3,8,15,17-19H2,(H,34,36)(H,38,39)/b11-5-/t20-,22+,24-,25-,31+/m0/s1. The van der Waals surface area contributed by atoms with Crippen molar-refractivity contribution in [2.75, 3.05) is 11.9 Å². The van der Waals surface area contributed by atoms with Crippen molar-refractivity contribution in [2.45, 2.75) is 68.7 Å². The van der Waals surface area contributed by atoms with Crippen molar-refractivity contribution in [2.24, 2.45) is 5.92 Å². The fourth-order valence-electron chi connectivity index (χ4n) is 5.93. The van der Waals surface area contributed by atoms with Crippen molar-refractivity contribution in [3.05, 3.63) is 66.7 Å². The van der Waals surface area contributed by atoms with Crippen molar-refractivity contribution < 1.29 is 28.6 Å². The molecule has 2 amide bonds. The van der Waals surface area contributed by atoms with Gasteiger partial charge in [-0.1, -0.05) is 55.3 Å². The SMILES string of the molecule is O=C1N[C@]2(C(=O)O)C[C@@H]2/C=C\CCCCC[C@H](Nc2ccccc2)C(=O)N2C[C@H](Oc3nc4ccccc4o3)C[C@@H]12. The number of amides is 2. The summed E-state index contributed by atoms with van der Waals surface area (Å²) in [5, 5.41) is 16.2. The van der Waals surface area contributed by atoms with Crippen LogP contribution in [-0.2, 0) is 14.4 Å². The van der Waals surface area contributed by atoms with Gasteiger partial charge in [0.25, 0.3) is 0 Å². The van der Waals surface area contributed by atoms with Gasteiger partial charge in [0.1, 0.15) is 29.2 Å². The first-order chi connectivity index (χ1) is 19.9. The lowest BCUT2D eigenvalue weighted by Crippen LogP contribution is -2.55. The van der Waals surface area contributed by atoms with Crippen LogP contribution in [0.1, 0.15) is 44.9 Å². The number of anilines is 1. The molecule has 2 fully saturated rings. The molecule has 1 saturated heterocycles. The van der Waals surface area contributed by atoms with Crippen LogP contribution in [0.25, 0.3) is 11.1 Å². The second kappa shape index (κ2) is 11.3. The van der Waals surface area contributed by atoms with Gasteiger partial charge >= 0.3 is 12.0 Å². The third-order valence-corrected chi connectivity index (χ3v) is 8.28. The van der Waals surface area contributed by atoms with Crippen molar-refractivity contribution in [1.82, 2.24) is 15.2 Å². The van der Waals surface area contributed by atoms with E-state index >= 15 is 0 Å². The van der Waals surface area contributed by atoms with Crippen molar-refractivity contribution >= 4 is 34.6 Å². The second-order valence-corrected chi connectivity index (χ2v) is 11.1. The van der Waals surface area contributed by atoms with E-state index in [4.69, 9.17) is 9.15 Å². The Hall–Kier alpha value is -4.34. The van der Waals surface area contributed by atoms with E-state index in [2.05, 4.69) is 15.6 Å². The smallest absolute Gasteiger partial charge is 0.394 e. The number of carboxylic acid groups (broad SMARTS) is 1. The average molecular weight is 559 g/mol. The minimum atomic E-state index is -1.36. The number of aliphatic carboxylic acids is 1. The van der Waals surface area contributed by atoms with Crippen LogP contribution in [0.15, 0.2) is 71.2 Å². The third kappa shape index (κ3) is 5.64. The Morgan fingerprint density at radius 3 is 2.71 bits per heavy atom. The zero-order valence-corrected chi connectivity index (χ0v) is 22.7. The quantitative estimate of drug-likeness (QED) is 0.398. The fraction of sp³-hybridized carbons (Fsp3) is 0.419. The lowest BCUT2D eigenvalue weighted by Gasteiger charge is -2.30. The number of oxazole rings is 1. The predicted octanol–water partition coefficient (Wildman–Crippen LogP) is 4.14. The molecule has 0 unspecified atom stereocenters. The fourth-order valence-corrected chi connectivity index (χ4v) is 5.93. The summed E-state index contributed by atoms with van der Waals surface area (Å²) in [6, 6.07) is 15.4.